The summed E-state index contributed by atoms with van der Waals surface area (Å²) in [4.78, 5) is 20.8. The van der Waals surface area contributed by atoms with Crippen molar-refractivity contribution in [3.8, 4) is 0 Å². The van der Waals surface area contributed by atoms with Gasteiger partial charge in [0.25, 0.3) is 0 Å². The van der Waals surface area contributed by atoms with E-state index in [9.17, 15) is 9.59 Å². The molecule has 2 N–H and O–H groups in total. The van der Waals surface area contributed by atoms with Crippen molar-refractivity contribution in [2.75, 3.05) is 0 Å². The lowest BCUT2D eigenvalue weighted by molar-refractivity contribution is -0.138. The first-order chi connectivity index (χ1) is 7.41. The zero-order valence-electron chi connectivity index (χ0n) is 10.1. The van der Waals surface area contributed by atoms with Gasteiger partial charge in [0.05, 0.1) is 0 Å². The predicted molar refractivity (Wildman–Crippen MR) is 61.3 cm³/mol. The van der Waals surface area contributed by atoms with E-state index in [0.717, 1.165) is 19.3 Å². The Kier molecular flexibility index (Phi) is 7.60. The fourth-order valence-electron chi connectivity index (χ4n) is 1.73. The summed E-state index contributed by atoms with van der Waals surface area (Å²) in [6, 6.07) is 0. The Balaban J connectivity index is 3.49. The molecule has 0 aromatic heterocycles. The SMILES string of the molecule is CC(CCCC(C)CC(=O)O)CCC(=O)O. The number of carbonyl (C=O) groups is 2. The molecule has 0 aliphatic heterocycles. The van der Waals surface area contributed by atoms with E-state index < -0.39 is 11.9 Å². The number of hydrogen-bond donors (Lipinski definition) is 2. The van der Waals surface area contributed by atoms with Gasteiger partial charge in [-0.2, -0.15) is 0 Å². The summed E-state index contributed by atoms with van der Waals surface area (Å²) in [6.45, 7) is 3.99. The van der Waals surface area contributed by atoms with Crippen molar-refractivity contribution in [2.45, 2.75) is 52.4 Å². The first-order valence-electron chi connectivity index (χ1n) is 5.85. The second-order valence-electron chi connectivity index (χ2n) is 4.67. The van der Waals surface area contributed by atoms with E-state index >= 15 is 0 Å². The summed E-state index contributed by atoms with van der Waals surface area (Å²) in [5, 5.41) is 17.1. The van der Waals surface area contributed by atoms with Crippen molar-refractivity contribution in [3.05, 3.63) is 0 Å². The van der Waals surface area contributed by atoms with E-state index in [4.69, 9.17) is 10.2 Å². The van der Waals surface area contributed by atoms with Crippen molar-refractivity contribution in [1.82, 2.24) is 0 Å². The predicted octanol–water partition coefficient (Wildman–Crippen LogP) is 2.77. The van der Waals surface area contributed by atoms with Crippen LogP contribution in [0.15, 0.2) is 0 Å². The Hall–Kier alpha value is -1.06. The van der Waals surface area contributed by atoms with Crippen LogP contribution >= 0.6 is 0 Å². The van der Waals surface area contributed by atoms with Crippen LogP contribution < -0.4 is 0 Å². The van der Waals surface area contributed by atoms with E-state index in [-0.39, 0.29) is 18.8 Å². The summed E-state index contributed by atoms with van der Waals surface area (Å²) in [6.07, 6.45) is 4.04. The lowest BCUT2D eigenvalue weighted by Gasteiger charge is -2.12. The molecule has 0 fully saturated rings. The summed E-state index contributed by atoms with van der Waals surface area (Å²) >= 11 is 0. The van der Waals surface area contributed by atoms with Crippen LogP contribution in [0.1, 0.15) is 52.4 Å². The number of carboxylic acids is 2. The first kappa shape index (κ1) is 14.9. The fraction of sp³-hybridized carbons (Fsp3) is 0.833. The molecule has 0 aliphatic rings. The van der Waals surface area contributed by atoms with Gasteiger partial charge >= 0.3 is 11.9 Å². The highest BCUT2D eigenvalue weighted by molar-refractivity contribution is 5.67. The number of rotatable bonds is 9. The van der Waals surface area contributed by atoms with Gasteiger partial charge < -0.3 is 10.2 Å². The monoisotopic (exact) mass is 230 g/mol. The van der Waals surface area contributed by atoms with E-state index in [1.54, 1.807) is 0 Å². The van der Waals surface area contributed by atoms with E-state index in [1.807, 2.05) is 13.8 Å². The average Bonchev–Trinajstić information content (AvgIpc) is 2.13. The highest BCUT2D eigenvalue weighted by Crippen LogP contribution is 2.18. The van der Waals surface area contributed by atoms with Gasteiger partial charge in [-0.1, -0.05) is 33.1 Å². The molecule has 0 aliphatic carbocycles. The quantitative estimate of drug-likeness (QED) is 0.638. The average molecular weight is 230 g/mol. The molecular formula is C12H22O4. The largest absolute Gasteiger partial charge is 0.481 e. The molecule has 0 amide bonds. The van der Waals surface area contributed by atoms with Crippen LogP contribution in [0.25, 0.3) is 0 Å². The van der Waals surface area contributed by atoms with E-state index in [0.29, 0.717) is 12.3 Å². The van der Waals surface area contributed by atoms with Crippen LogP contribution in [0.5, 0.6) is 0 Å². The summed E-state index contributed by atoms with van der Waals surface area (Å²) in [5.74, 6) is -0.866. The minimum Gasteiger partial charge on any atom is -0.481 e. The molecule has 0 saturated heterocycles. The molecule has 94 valence electrons. The lowest BCUT2D eigenvalue weighted by atomic mass is 9.94. The Morgan fingerprint density at radius 2 is 1.50 bits per heavy atom. The Bertz CT molecular complexity index is 225. The molecule has 0 rings (SSSR count). The number of hydrogen-bond acceptors (Lipinski definition) is 2. The van der Waals surface area contributed by atoms with Crippen LogP contribution in [0, 0.1) is 11.8 Å². The maximum Gasteiger partial charge on any atom is 0.303 e. The topological polar surface area (TPSA) is 74.6 Å². The zero-order valence-corrected chi connectivity index (χ0v) is 10.1. The Labute approximate surface area is 96.7 Å². The Morgan fingerprint density at radius 3 is 2.00 bits per heavy atom. The molecule has 0 aromatic rings. The molecule has 4 nitrogen and oxygen atoms in total. The third-order valence-electron chi connectivity index (χ3n) is 2.77. The van der Waals surface area contributed by atoms with Gasteiger partial charge in [0, 0.05) is 12.8 Å². The van der Waals surface area contributed by atoms with Gasteiger partial charge in [0.2, 0.25) is 0 Å². The smallest absolute Gasteiger partial charge is 0.303 e. The van der Waals surface area contributed by atoms with Crippen LogP contribution in [-0.2, 0) is 9.59 Å². The van der Waals surface area contributed by atoms with Crippen molar-refractivity contribution >= 4 is 11.9 Å². The molecule has 4 heteroatoms. The summed E-state index contributed by atoms with van der Waals surface area (Å²) < 4.78 is 0. The second-order valence-corrected chi connectivity index (χ2v) is 4.67. The van der Waals surface area contributed by atoms with Gasteiger partial charge in [-0.05, 0) is 18.3 Å². The van der Waals surface area contributed by atoms with E-state index in [1.165, 1.54) is 0 Å². The molecule has 0 bridgehead atoms. The molecule has 0 aromatic carbocycles. The first-order valence-corrected chi connectivity index (χ1v) is 5.85. The molecule has 0 spiro atoms. The van der Waals surface area contributed by atoms with Crippen LogP contribution in [0.4, 0.5) is 0 Å². The summed E-state index contributed by atoms with van der Waals surface area (Å²) in [5.41, 5.74) is 0. The molecule has 0 radical (unpaired) electrons. The Morgan fingerprint density at radius 1 is 0.938 bits per heavy atom. The van der Waals surface area contributed by atoms with Crippen molar-refractivity contribution < 1.29 is 19.8 Å². The third kappa shape index (κ3) is 9.49. The molecule has 0 heterocycles. The maximum absolute atomic E-state index is 10.4. The highest BCUT2D eigenvalue weighted by Gasteiger charge is 2.09. The fourth-order valence-corrected chi connectivity index (χ4v) is 1.73. The third-order valence-corrected chi connectivity index (χ3v) is 2.77. The zero-order chi connectivity index (χ0) is 12.6. The van der Waals surface area contributed by atoms with Crippen molar-refractivity contribution in [1.29, 1.82) is 0 Å². The van der Waals surface area contributed by atoms with Crippen LogP contribution in [-0.4, -0.2) is 22.2 Å². The van der Waals surface area contributed by atoms with Gasteiger partial charge in [-0.15, -0.1) is 0 Å². The van der Waals surface area contributed by atoms with E-state index in [2.05, 4.69) is 0 Å². The number of carboxylic acid groups (broad SMARTS) is 2. The minimum atomic E-state index is -0.744. The summed E-state index contributed by atoms with van der Waals surface area (Å²) in [7, 11) is 0. The second kappa shape index (κ2) is 8.13. The molecule has 2 atom stereocenters. The van der Waals surface area contributed by atoms with Gasteiger partial charge in [-0.25, -0.2) is 0 Å². The van der Waals surface area contributed by atoms with Gasteiger partial charge in [-0.3, -0.25) is 9.59 Å². The highest BCUT2D eigenvalue weighted by atomic mass is 16.4. The standard InChI is InChI=1S/C12H22O4/c1-9(6-7-11(13)14)4-3-5-10(2)8-12(15)16/h9-10H,3-8H2,1-2H3,(H,13,14)(H,15,16). The van der Waals surface area contributed by atoms with Gasteiger partial charge in [0.1, 0.15) is 0 Å². The van der Waals surface area contributed by atoms with Crippen LogP contribution in [0.2, 0.25) is 0 Å². The molecule has 16 heavy (non-hydrogen) atoms. The lowest BCUT2D eigenvalue weighted by Crippen LogP contribution is -2.05. The van der Waals surface area contributed by atoms with Crippen molar-refractivity contribution in [3.63, 3.8) is 0 Å². The normalized spacial score (nSPS) is 14.4. The maximum atomic E-state index is 10.4. The van der Waals surface area contributed by atoms with Crippen molar-refractivity contribution in [2.24, 2.45) is 11.8 Å². The van der Waals surface area contributed by atoms with Crippen LogP contribution in [0.3, 0.4) is 0 Å². The molecule has 0 saturated carbocycles. The molecular weight excluding hydrogens is 208 g/mol. The van der Waals surface area contributed by atoms with Gasteiger partial charge in [0.15, 0.2) is 0 Å². The number of aliphatic carboxylic acids is 2. The molecule has 2 unspecified atom stereocenters. The minimum absolute atomic E-state index is 0.212.